The molecule has 1 atom stereocenters. The summed E-state index contributed by atoms with van der Waals surface area (Å²) in [5, 5.41) is 2.90. The Kier molecular flexibility index (Phi) is 6.25. The van der Waals surface area contributed by atoms with Gasteiger partial charge in [-0.1, -0.05) is 0 Å². The first-order valence-corrected chi connectivity index (χ1v) is 8.41. The summed E-state index contributed by atoms with van der Waals surface area (Å²) in [6.07, 6.45) is 2.25. The lowest BCUT2D eigenvalue weighted by molar-refractivity contribution is -0.129. The molecule has 1 aliphatic rings. The van der Waals surface area contributed by atoms with Crippen molar-refractivity contribution >= 4 is 11.8 Å². The summed E-state index contributed by atoms with van der Waals surface area (Å²) in [5.74, 6) is 0.624. The van der Waals surface area contributed by atoms with Crippen LogP contribution in [-0.4, -0.2) is 71.4 Å². The molecule has 0 spiro atoms. The van der Waals surface area contributed by atoms with Gasteiger partial charge in [0.05, 0.1) is 0 Å². The fraction of sp³-hybridized carbons (Fsp3) is 0.647. The average Bonchev–Trinajstić information content (AvgIpc) is 2.84. The second kappa shape index (κ2) is 8.19. The van der Waals surface area contributed by atoms with Crippen LogP contribution in [0.3, 0.4) is 0 Å². The van der Waals surface area contributed by atoms with E-state index in [9.17, 15) is 9.59 Å². The van der Waals surface area contributed by atoms with Gasteiger partial charge >= 0.3 is 0 Å². The maximum Gasteiger partial charge on any atom is 0.270 e. The van der Waals surface area contributed by atoms with Crippen LogP contribution >= 0.6 is 0 Å². The van der Waals surface area contributed by atoms with Crippen LogP contribution in [0.4, 0.5) is 0 Å². The molecule has 0 saturated carbocycles. The van der Waals surface area contributed by atoms with Gasteiger partial charge < -0.3 is 15.1 Å². The Morgan fingerprint density at radius 3 is 2.79 bits per heavy atom. The Hall–Kier alpha value is -2.02. The third-order valence-electron chi connectivity index (χ3n) is 4.20. The van der Waals surface area contributed by atoms with Gasteiger partial charge in [0, 0.05) is 37.8 Å². The summed E-state index contributed by atoms with van der Waals surface area (Å²) >= 11 is 0. The molecule has 1 N–H and O–H groups in total. The molecule has 2 rings (SSSR count). The minimum atomic E-state index is -0.187. The second-order valence-corrected chi connectivity index (χ2v) is 6.57. The van der Waals surface area contributed by atoms with Crippen molar-refractivity contribution in [1.29, 1.82) is 0 Å². The van der Waals surface area contributed by atoms with Crippen molar-refractivity contribution < 1.29 is 9.59 Å². The quantitative estimate of drug-likeness (QED) is 0.797. The summed E-state index contributed by atoms with van der Waals surface area (Å²) in [6.45, 7) is 5.76. The molecule has 1 aromatic heterocycles. The lowest BCUT2D eigenvalue weighted by atomic mass is 10.1. The van der Waals surface area contributed by atoms with E-state index in [1.165, 1.54) is 0 Å². The normalized spacial score (nSPS) is 17.6. The van der Waals surface area contributed by atoms with E-state index in [0.29, 0.717) is 24.5 Å². The molecule has 132 valence electrons. The van der Waals surface area contributed by atoms with Gasteiger partial charge in [0.2, 0.25) is 5.91 Å². The first kappa shape index (κ1) is 18.3. The van der Waals surface area contributed by atoms with E-state index >= 15 is 0 Å². The zero-order chi connectivity index (χ0) is 17.7. The molecule has 1 aliphatic heterocycles. The van der Waals surface area contributed by atoms with Crippen molar-refractivity contribution in [3.8, 4) is 0 Å². The molecule has 1 fully saturated rings. The van der Waals surface area contributed by atoms with Gasteiger partial charge in [-0.15, -0.1) is 0 Å². The van der Waals surface area contributed by atoms with Crippen LogP contribution in [0.5, 0.6) is 0 Å². The van der Waals surface area contributed by atoms with Crippen molar-refractivity contribution in [3.05, 3.63) is 23.3 Å². The molecule has 24 heavy (non-hydrogen) atoms. The molecule has 1 unspecified atom stereocenters. The fourth-order valence-corrected chi connectivity index (χ4v) is 2.98. The number of rotatable bonds is 7. The minimum absolute atomic E-state index is 0.187. The number of carbonyl (C=O) groups is 2. The first-order valence-electron chi connectivity index (χ1n) is 8.41. The summed E-state index contributed by atoms with van der Waals surface area (Å²) < 4.78 is 0. The van der Waals surface area contributed by atoms with Gasteiger partial charge in [0.15, 0.2) is 0 Å². The minimum Gasteiger partial charge on any atom is -0.351 e. The van der Waals surface area contributed by atoms with Crippen LogP contribution in [0, 0.1) is 13.8 Å². The predicted octanol–water partition coefficient (Wildman–Crippen LogP) is 0.766. The predicted molar refractivity (Wildman–Crippen MR) is 91.7 cm³/mol. The van der Waals surface area contributed by atoms with E-state index in [1.807, 2.05) is 25.9 Å². The summed E-state index contributed by atoms with van der Waals surface area (Å²) in [4.78, 5) is 36.6. The topological polar surface area (TPSA) is 78.4 Å². The van der Waals surface area contributed by atoms with Gasteiger partial charge in [-0.2, -0.15) is 0 Å². The molecular weight excluding hydrogens is 306 g/mol. The van der Waals surface area contributed by atoms with E-state index in [2.05, 4.69) is 20.2 Å². The number of aryl methyl sites for hydroxylation is 2. The third kappa shape index (κ3) is 4.99. The highest BCUT2D eigenvalue weighted by Crippen LogP contribution is 2.20. The molecule has 2 amide bonds. The fourth-order valence-electron chi connectivity index (χ4n) is 2.98. The van der Waals surface area contributed by atoms with Crippen molar-refractivity contribution in [2.45, 2.75) is 39.2 Å². The van der Waals surface area contributed by atoms with Gasteiger partial charge in [-0.3, -0.25) is 9.59 Å². The third-order valence-corrected chi connectivity index (χ3v) is 4.20. The second-order valence-electron chi connectivity index (χ2n) is 6.57. The molecule has 0 radical (unpaired) electrons. The number of hydrogen-bond donors (Lipinski definition) is 1. The zero-order valence-corrected chi connectivity index (χ0v) is 15.0. The van der Waals surface area contributed by atoms with E-state index in [1.54, 1.807) is 13.0 Å². The Labute approximate surface area is 143 Å². The molecule has 2 heterocycles. The monoisotopic (exact) mass is 333 g/mol. The molecular formula is C17H27N5O2. The Morgan fingerprint density at radius 1 is 1.38 bits per heavy atom. The van der Waals surface area contributed by atoms with Crippen molar-refractivity contribution in [3.63, 3.8) is 0 Å². The molecule has 0 aliphatic carbocycles. The number of hydrogen-bond acceptors (Lipinski definition) is 5. The summed E-state index contributed by atoms with van der Waals surface area (Å²) in [5.41, 5.74) is 1.18. The number of carbonyl (C=O) groups excluding carboxylic acids is 2. The number of aromatic nitrogens is 2. The lowest BCUT2D eigenvalue weighted by Gasteiger charge is -2.26. The molecule has 0 bridgehead atoms. The van der Waals surface area contributed by atoms with Crippen molar-refractivity contribution in [2.75, 3.05) is 33.7 Å². The molecule has 1 aromatic rings. The summed E-state index contributed by atoms with van der Waals surface area (Å²) in [6, 6.07) is 1.90. The SMILES string of the molecule is Cc1cc(C(=O)NCCC2CCC(=O)N2CCN(C)C)nc(C)n1. The van der Waals surface area contributed by atoms with Crippen LogP contribution < -0.4 is 5.32 Å². The highest BCUT2D eigenvalue weighted by molar-refractivity contribution is 5.92. The standard InChI is InChI=1S/C17H27N5O2/c1-12-11-15(20-13(2)19-12)17(24)18-8-7-14-5-6-16(23)22(14)10-9-21(3)4/h11,14H,5-10H2,1-4H3,(H,18,24). The van der Waals surface area contributed by atoms with Crippen molar-refractivity contribution in [2.24, 2.45) is 0 Å². The largest absolute Gasteiger partial charge is 0.351 e. The van der Waals surface area contributed by atoms with Crippen LogP contribution in [0.15, 0.2) is 6.07 Å². The van der Waals surface area contributed by atoms with Gasteiger partial charge in [0.1, 0.15) is 11.5 Å². The summed E-state index contributed by atoms with van der Waals surface area (Å²) in [7, 11) is 4.00. The smallest absolute Gasteiger partial charge is 0.270 e. The number of nitrogens with zero attached hydrogens (tertiary/aromatic N) is 4. The number of amides is 2. The lowest BCUT2D eigenvalue weighted by Crippen LogP contribution is -2.40. The molecule has 1 saturated heterocycles. The number of likely N-dealkylation sites (tertiary alicyclic amines) is 1. The van der Waals surface area contributed by atoms with Crippen molar-refractivity contribution in [1.82, 2.24) is 25.1 Å². The van der Waals surface area contributed by atoms with E-state index < -0.39 is 0 Å². The number of likely N-dealkylation sites (N-methyl/N-ethyl adjacent to an activating group) is 1. The van der Waals surface area contributed by atoms with E-state index in [0.717, 1.165) is 31.6 Å². The van der Waals surface area contributed by atoms with Crippen LogP contribution in [-0.2, 0) is 4.79 Å². The molecule has 7 nitrogen and oxygen atoms in total. The van der Waals surface area contributed by atoms with E-state index in [4.69, 9.17) is 0 Å². The molecule has 7 heteroatoms. The van der Waals surface area contributed by atoms with Gasteiger partial charge in [0.25, 0.3) is 5.91 Å². The highest BCUT2D eigenvalue weighted by Gasteiger charge is 2.30. The zero-order valence-electron chi connectivity index (χ0n) is 15.0. The first-order chi connectivity index (χ1) is 11.4. The van der Waals surface area contributed by atoms with Gasteiger partial charge in [-0.25, -0.2) is 9.97 Å². The maximum atomic E-state index is 12.2. The average molecular weight is 333 g/mol. The molecule has 0 aromatic carbocycles. The van der Waals surface area contributed by atoms with Crippen LogP contribution in [0.2, 0.25) is 0 Å². The van der Waals surface area contributed by atoms with Gasteiger partial charge in [-0.05, 0) is 46.9 Å². The maximum absolute atomic E-state index is 12.2. The Morgan fingerprint density at radius 2 is 2.12 bits per heavy atom. The highest BCUT2D eigenvalue weighted by atomic mass is 16.2. The Bertz CT molecular complexity index is 582. The van der Waals surface area contributed by atoms with Crippen LogP contribution in [0.25, 0.3) is 0 Å². The van der Waals surface area contributed by atoms with E-state index in [-0.39, 0.29) is 17.9 Å². The Balaban J connectivity index is 1.84. The number of nitrogens with one attached hydrogen (secondary N) is 1. The van der Waals surface area contributed by atoms with Crippen LogP contribution in [0.1, 0.15) is 41.3 Å².